The largest absolute Gasteiger partial charge is 0.466 e. The zero-order valence-electron chi connectivity index (χ0n) is 12.8. The third-order valence-electron chi connectivity index (χ3n) is 3.98. The van der Waals surface area contributed by atoms with Crippen molar-refractivity contribution in [2.24, 2.45) is 11.3 Å². The summed E-state index contributed by atoms with van der Waals surface area (Å²) in [6.45, 7) is 10.9. The van der Waals surface area contributed by atoms with Gasteiger partial charge in [-0.15, -0.1) is 0 Å². The first-order chi connectivity index (χ1) is 8.87. The molecule has 1 atom stereocenters. The second kappa shape index (κ2) is 6.74. The summed E-state index contributed by atoms with van der Waals surface area (Å²) in [6.07, 6.45) is 1.39. The minimum absolute atomic E-state index is 0.0541. The van der Waals surface area contributed by atoms with E-state index in [4.69, 9.17) is 4.74 Å². The summed E-state index contributed by atoms with van der Waals surface area (Å²) in [5, 5.41) is 0. The average Bonchev–Trinajstić information content (AvgIpc) is 2.32. The molecule has 0 saturated carbocycles. The molecule has 1 unspecified atom stereocenters. The van der Waals surface area contributed by atoms with Crippen LogP contribution in [0.3, 0.4) is 0 Å². The van der Waals surface area contributed by atoms with Crippen molar-refractivity contribution in [2.75, 3.05) is 6.61 Å². The Hall–Kier alpha value is -1.31. The van der Waals surface area contributed by atoms with Crippen molar-refractivity contribution in [3.8, 4) is 0 Å². The minimum atomic E-state index is -0.0918. The van der Waals surface area contributed by atoms with Crippen molar-refractivity contribution in [3.63, 3.8) is 0 Å². The van der Waals surface area contributed by atoms with Crippen LogP contribution in [0.4, 0.5) is 0 Å². The smallest absolute Gasteiger partial charge is 0.306 e. The van der Waals surface area contributed by atoms with Crippen LogP contribution in [0.25, 0.3) is 0 Å². The zero-order valence-corrected chi connectivity index (χ0v) is 12.8. The number of ether oxygens (including phenoxy) is 1. The van der Waals surface area contributed by atoms with Gasteiger partial charge in [0.15, 0.2) is 0 Å². The highest BCUT2D eigenvalue weighted by Gasteiger charge is 2.32. The van der Waals surface area contributed by atoms with Gasteiger partial charge < -0.3 is 4.74 Å². The fourth-order valence-corrected chi connectivity index (χ4v) is 2.18. The fourth-order valence-electron chi connectivity index (χ4n) is 2.18. The van der Waals surface area contributed by atoms with Gasteiger partial charge in [-0.25, -0.2) is 0 Å². The molecule has 0 fully saturated rings. The Morgan fingerprint density at radius 2 is 1.84 bits per heavy atom. The Morgan fingerprint density at radius 3 is 2.32 bits per heavy atom. The monoisotopic (exact) mass is 262 g/mol. The molecule has 1 rings (SSSR count). The number of esters is 1. The van der Waals surface area contributed by atoms with Crippen molar-refractivity contribution in [3.05, 3.63) is 35.4 Å². The highest BCUT2D eigenvalue weighted by Crippen LogP contribution is 2.35. The van der Waals surface area contributed by atoms with Gasteiger partial charge in [0.2, 0.25) is 0 Å². The lowest BCUT2D eigenvalue weighted by Crippen LogP contribution is -2.30. The van der Waals surface area contributed by atoms with E-state index in [9.17, 15) is 4.79 Å². The molecule has 0 radical (unpaired) electrons. The first kappa shape index (κ1) is 15.7. The second-order valence-electron chi connectivity index (χ2n) is 5.95. The van der Waals surface area contributed by atoms with Crippen LogP contribution in [0.5, 0.6) is 0 Å². The molecule has 0 N–H and O–H groups in total. The lowest BCUT2D eigenvalue weighted by Gasteiger charge is -2.33. The summed E-state index contributed by atoms with van der Waals surface area (Å²) in [5.41, 5.74) is 2.49. The molecule has 0 amide bonds. The Balaban J connectivity index is 2.81. The number of carbonyl (C=O) groups excluding carboxylic acids is 1. The van der Waals surface area contributed by atoms with Gasteiger partial charge in [-0.2, -0.15) is 0 Å². The molecule has 0 bridgehead atoms. The number of hydrogen-bond acceptors (Lipinski definition) is 2. The Morgan fingerprint density at radius 1 is 1.26 bits per heavy atom. The van der Waals surface area contributed by atoms with Crippen molar-refractivity contribution >= 4 is 5.97 Å². The third-order valence-corrected chi connectivity index (χ3v) is 3.98. The van der Waals surface area contributed by atoms with E-state index >= 15 is 0 Å². The van der Waals surface area contributed by atoms with Crippen LogP contribution in [0.15, 0.2) is 24.3 Å². The summed E-state index contributed by atoms with van der Waals surface area (Å²) in [5.74, 6) is 0.337. The summed E-state index contributed by atoms with van der Waals surface area (Å²) < 4.78 is 5.11. The van der Waals surface area contributed by atoms with Crippen LogP contribution in [0.1, 0.15) is 45.2 Å². The maximum Gasteiger partial charge on any atom is 0.306 e. The molecule has 0 saturated heterocycles. The van der Waals surface area contributed by atoms with Crippen LogP contribution in [-0.4, -0.2) is 12.6 Å². The van der Waals surface area contributed by atoms with Crippen molar-refractivity contribution in [1.82, 2.24) is 0 Å². The number of rotatable bonds is 6. The van der Waals surface area contributed by atoms with Crippen LogP contribution in [0.2, 0.25) is 0 Å². The lowest BCUT2D eigenvalue weighted by molar-refractivity contribution is -0.146. The molecule has 0 aliphatic rings. The van der Waals surface area contributed by atoms with Crippen LogP contribution in [-0.2, 0) is 16.0 Å². The van der Waals surface area contributed by atoms with E-state index in [0.717, 1.165) is 6.42 Å². The van der Waals surface area contributed by atoms with Crippen molar-refractivity contribution in [1.29, 1.82) is 0 Å². The van der Waals surface area contributed by atoms with Gasteiger partial charge in [0.1, 0.15) is 0 Å². The maximum atomic E-state index is 11.8. The van der Waals surface area contributed by atoms with Crippen molar-refractivity contribution < 1.29 is 9.53 Å². The van der Waals surface area contributed by atoms with Crippen molar-refractivity contribution in [2.45, 2.75) is 47.5 Å². The molecule has 106 valence electrons. The standard InChI is InChI=1S/C17H26O2/c1-6-19-16(18)12-17(5,13(2)3)11-15-9-7-14(4)8-10-15/h7-10,13H,6,11-12H2,1-5H3. The van der Waals surface area contributed by atoms with E-state index in [1.807, 2.05) is 6.92 Å². The average molecular weight is 262 g/mol. The SMILES string of the molecule is CCOC(=O)CC(C)(Cc1ccc(C)cc1)C(C)C. The topological polar surface area (TPSA) is 26.3 Å². The molecular weight excluding hydrogens is 236 g/mol. The maximum absolute atomic E-state index is 11.8. The molecule has 2 nitrogen and oxygen atoms in total. The highest BCUT2D eigenvalue weighted by molar-refractivity contribution is 5.70. The quantitative estimate of drug-likeness (QED) is 0.720. The second-order valence-corrected chi connectivity index (χ2v) is 5.95. The summed E-state index contributed by atoms with van der Waals surface area (Å²) in [7, 11) is 0. The summed E-state index contributed by atoms with van der Waals surface area (Å²) >= 11 is 0. The van der Waals surface area contributed by atoms with Gasteiger partial charge >= 0.3 is 5.97 Å². The minimum Gasteiger partial charge on any atom is -0.466 e. The van der Waals surface area contributed by atoms with Gasteiger partial charge in [0, 0.05) is 0 Å². The zero-order chi connectivity index (χ0) is 14.5. The highest BCUT2D eigenvalue weighted by atomic mass is 16.5. The number of carbonyl (C=O) groups is 1. The summed E-state index contributed by atoms with van der Waals surface area (Å²) in [6, 6.07) is 8.56. The van der Waals surface area contributed by atoms with E-state index in [1.54, 1.807) is 0 Å². The molecule has 1 aromatic rings. The predicted molar refractivity (Wildman–Crippen MR) is 79.1 cm³/mol. The lowest BCUT2D eigenvalue weighted by atomic mass is 9.72. The molecular formula is C17H26O2. The van der Waals surface area contributed by atoms with E-state index in [2.05, 4.69) is 52.0 Å². The van der Waals surface area contributed by atoms with Gasteiger partial charge in [-0.05, 0) is 37.2 Å². The van der Waals surface area contributed by atoms with E-state index in [0.29, 0.717) is 18.9 Å². The molecule has 0 aromatic heterocycles. The third kappa shape index (κ3) is 4.70. The number of hydrogen-bond donors (Lipinski definition) is 0. The normalized spacial score (nSPS) is 14.2. The molecule has 19 heavy (non-hydrogen) atoms. The van der Waals surface area contributed by atoms with Gasteiger partial charge in [-0.1, -0.05) is 50.6 Å². The first-order valence-electron chi connectivity index (χ1n) is 7.08. The van der Waals surface area contributed by atoms with Crippen LogP contribution >= 0.6 is 0 Å². The molecule has 0 heterocycles. The summed E-state index contributed by atoms with van der Waals surface area (Å²) in [4.78, 5) is 11.8. The predicted octanol–water partition coefficient (Wildman–Crippen LogP) is 4.15. The van der Waals surface area contributed by atoms with E-state index in [-0.39, 0.29) is 11.4 Å². The first-order valence-corrected chi connectivity index (χ1v) is 7.08. The molecule has 0 spiro atoms. The van der Waals surface area contributed by atoms with Gasteiger partial charge in [0.25, 0.3) is 0 Å². The van der Waals surface area contributed by atoms with E-state index in [1.165, 1.54) is 11.1 Å². The van der Waals surface area contributed by atoms with Gasteiger partial charge in [-0.3, -0.25) is 4.79 Å². The fraction of sp³-hybridized carbons (Fsp3) is 0.588. The van der Waals surface area contributed by atoms with Gasteiger partial charge in [0.05, 0.1) is 13.0 Å². The van der Waals surface area contributed by atoms with Crippen LogP contribution in [0, 0.1) is 18.3 Å². The Bertz CT molecular complexity index is 406. The number of benzene rings is 1. The van der Waals surface area contributed by atoms with E-state index < -0.39 is 0 Å². The molecule has 0 aliphatic carbocycles. The molecule has 1 aromatic carbocycles. The van der Waals surface area contributed by atoms with Crippen LogP contribution < -0.4 is 0 Å². The molecule has 0 aliphatic heterocycles. The number of aryl methyl sites for hydroxylation is 1. The Kier molecular flexibility index (Phi) is 5.59. The molecule has 2 heteroatoms. The Labute approximate surface area is 117 Å².